The predicted octanol–water partition coefficient (Wildman–Crippen LogP) is 4.56. The van der Waals surface area contributed by atoms with Crippen LogP contribution in [0.15, 0.2) is 47.2 Å². The minimum absolute atomic E-state index is 0.217. The summed E-state index contributed by atoms with van der Waals surface area (Å²) in [6.07, 6.45) is 3.66. The highest BCUT2D eigenvalue weighted by atomic mass is 79.9. The molecule has 0 fully saturated rings. The highest BCUT2D eigenvalue weighted by molar-refractivity contribution is 9.10. The summed E-state index contributed by atoms with van der Waals surface area (Å²) in [5, 5.41) is 4.12. The van der Waals surface area contributed by atoms with Crippen molar-refractivity contribution < 1.29 is 0 Å². The molecule has 2 rings (SSSR count). The van der Waals surface area contributed by atoms with Crippen molar-refractivity contribution in [3.63, 3.8) is 0 Å². The summed E-state index contributed by atoms with van der Waals surface area (Å²) >= 11 is 9.60. The van der Waals surface area contributed by atoms with Gasteiger partial charge < -0.3 is 5.32 Å². The van der Waals surface area contributed by atoms with Crippen LogP contribution in [0.25, 0.3) is 0 Å². The largest absolute Gasteiger partial charge is 0.312 e. The smallest absolute Gasteiger partial charge is 0.0417 e. The number of halogens is 2. The first kappa shape index (κ1) is 14.5. The molecule has 4 heteroatoms. The van der Waals surface area contributed by atoms with Gasteiger partial charge in [0, 0.05) is 33.8 Å². The summed E-state index contributed by atoms with van der Waals surface area (Å²) in [5.41, 5.74) is 2.47. The Morgan fingerprint density at radius 2 is 1.89 bits per heavy atom. The zero-order valence-corrected chi connectivity index (χ0v) is 13.2. The highest BCUT2D eigenvalue weighted by Gasteiger charge is 2.21. The third-order valence-corrected chi connectivity index (χ3v) is 4.26. The Morgan fingerprint density at radius 3 is 2.47 bits per heavy atom. The first-order chi connectivity index (χ1) is 9.13. The minimum Gasteiger partial charge on any atom is -0.312 e. The second-order valence-electron chi connectivity index (χ2n) is 4.50. The SMILES string of the molecule is CNC(c1ccc(Cl)cc1Br)C(C)c1ccncc1. The van der Waals surface area contributed by atoms with Gasteiger partial charge >= 0.3 is 0 Å². The molecular weight excluding hydrogens is 324 g/mol. The number of nitrogens with one attached hydrogen (secondary N) is 1. The van der Waals surface area contributed by atoms with E-state index >= 15 is 0 Å². The Balaban J connectivity index is 2.34. The molecule has 0 amide bonds. The summed E-state index contributed by atoms with van der Waals surface area (Å²) in [6.45, 7) is 2.21. The van der Waals surface area contributed by atoms with E-state index in [2.05, 4.69) is 51.4 Å². The Labute approximate surface area is 127 Å². The van der Waals surface area contributed by atoms with E-state index in [1.165, 1.54) is 11.1 Å². The van der Waals surface area contributed by atoms with Gasteiger partial charge in [0.05, 0.1) is 0 Å². The van der Waals surface area contributed by atoms with E-state index < -0.39 is 0 Å². The first-order valence-corrected chi connectivity index (χ1v) is 7.32. The van der Waals surface area contributed by atoms with E-state index in [0.29, 0.717) is 5.92 Å². The van der Waals surface area contributed by atoms with E-state index in [4.69, 9.17) is 11.6 Å². The molecule has 1 aromatic carbocycles. The second-order valence-corrected chi connectivity index (χ2v) is 5.79. The Hall–Kier alpha value is -0.900. The van der Waals surface area contributed by atoms with Crippen molar-refractivity contribution in [2.75, 3.05) is 7.05 Å². The van der Waals surface area contributed by atoms with Gasteiger partial charge in [-0.2, -0.15) is 0 Å². The molecular formula is C15H16BrClN2. The third kappa shape index (κ3) is 3.35. The van der Waals surface area contributed by atoms with Crippen molar-refractivity contribution >= 4 is 27.5 Å². The van der Waals surface area contributed by atoms with Crippen LogP contribution in [-0.4, -0.2) is 12.0 Å². The normalized spacial score (nSPS) is 14.1. The summed E-state index contributed by atoms with van der Waals surface area (Å²) in [5.74, 6) is 0.338. The molecule has 0 aliphatic heterocycles. The molecule has 1 heterocycles. The number of benzene rings is 1. The fraction of sp³-hybridized carbons (Fsp3) is 0.267. The highest BCUT2D eigenvalue weighted by Crippen LogP contribution is 2.35. The standard InChI is InChI=1S/C15H16BrClN2/c1-10(11-5-7-19-8-6-11)15(18-2)13-4-3-12(17)9-14(13)16/h3-10,15,18H,1-2H3. The van der Waals surface area contributed by atoms with Crippen LogP contribution in [0, 0.1) is 0 Å². The summed E-state index contributed by atoms with van der Waals surface area (Å²) in [6, 6.07) is 10.2. The van der Waals surface area contributed by atoms with Crippen LogP contribution in [0.4, 0.5) is 0 Å². The lowest BCUT2D eigenvalue weighted by atomic mass is 9.89. The Morgan fingerprint density at radius 1 is 1.21 bits per heavy atom. The van der Waals surface area contributed by atoms with Gasteiger partial charge in [0.25, 0.3) is 0 Å². The zero-order valence-electron chi connectivity index (χ0n) is 10.9. The molecule has 2 unspecified atom stereocenters. The second kappa shape index (κ2) is 6.51. The van der Waals surface area contributed by atoms with Crippen molar-refractivity contribution in [3.05, 3.63) is 63.3 Å². The molecule has 0 spiro atoms. The number of likely N-dealkylation sites (N-methyl/N-ethyl adjacent to an activating group) is 1. The fourth-order valence-corrected chi connectivity index (χ4v) is 3.22. The molecule has 2 aromatic rings. The number of hydrogen-bond donors (Lipinski definition) is 1. The first-order valence-electron chi connectivity index (χ1n) is 6.15. The number of pyridine rings is 1. The Kier molecular flexibility index (Phi) is 4.97. The van der Waals surface area contributed by atoms with Crippen LogP contribution in [0.1, 0.15) is 30.0 Å². The van der Waals surface area contributed by atoms with Gasteiger partial charge in [0.15, 0.2) is 0 Å². The van der Waals surface area contributed by atoms with E-state index in [-0.39, 0.29) is 6.04 Å². The van der Waals surface area contributed by atoms with E-state index in [1.807, 2.05) is 31.6 Å². The lowest BCUT2D eigenvalue weighted by Crippen LogP contribution is -2.22. The zero-order chi connectivity index (χ0) is 13.8. The lowest BCUT2D eigenvalue weighted by Gasteiger charge is -2.25. The van der Waals surface area contributed by atoms with Crippen LogP contribution < -0.4 is 5.32 Å². The van der Waals surface area contributed by atoms with Gasteiger partial charge in [-0.25, -0.2) is 0 Å². The molecule has 0 aliphatic rings. The van der Waals surface area contributed by atoms with Gasteiger partial charge in [0.2, 0.25) is 0 Å². The average molecular weight is 340 g/mol. The van der Waals surface area contributed by atoms with Crippen LogP contribution in [0.5, 0.6) is 0 Å². The lowest BCUT2D eigenvalue weighted by molar-refractivity contribution is 0.506. The predicted molar refractivity (Wildman–Crippen MR) is 83.6 cm³/mol. The fourth-order valence-electron chi connectivity index (χ4n) is 2.29. The van der Waals surface area contributed by atoms with Gasteiger partial charge in [0.1, 0.15) is 0 Å². The summed E-state index contributed by atoms with van der Waals surface area (Å²) in [7, 11) is 1.98. The number of rotatable bonds is 4. The third-order valence-electron chi connectivity index (χ3n) is 3.34. The van der Waals surface area contributed by atoms with Gasteiger partial charge in [-0.05, 0) is 42.4 Å². The molecule has 100 valence electrons. The molecule has 2 atom stereocenters. The Bertz CT molecular complexity index is 545. The maximum atomic E-state index is 6.00. The summed E-state index contributed by atoms with van der Waals surface area (Å²) in [4.78, 5) is 4.07. The van der Waals surface area contributed by atoms with Gasteiger partial charge in [-0.3, -0.25) is 4.98 Å². The molecule has 1 N–H and O–H groups in total. The van der Waals surface area contributed by atoms with Crippen LogP contribution >= 0.6 is 27.5 Å². The van der Waals surface area contributed by atoms with Crippen LogP contribution in [0.3, 0.4) is 0 Å². The van der Waals surface area contributed by atoms with E-state index in [1.54, 1.807) is 0 Å². The van der Waals surface area contributed by atoms with Gasteiger partial charge in [-0.15, -0.1) is 0 Å². The van der Waals surface area contributed by atoms with Gasteiger partial charge in [-0.1, -0.05) is 40.5 Å². The molecule has 1 aromatic heterocycles. The maximum absolute atomic E-state index is 6.00. The average Bonchev–Trinajstić information content (AvgIpc) is 2.42. The van der Waals surface area contributed by atoms with Crippen molar-refractivity contribution in [1.29, 1.82) is 0 Å². The number of hydrogen-bond acceptors (Lipinski definition) is 2. The van der Waals surface area contributed by atoms with Crippen molar-refractivity contribution in [2.45, 2.75) is 18.9 Å². The van der Waals surface area contributed by atoms with Crippen molar-refractivity contribution in [2.24, 2.45) is 0 Å². The van der Waals surface area contributed by atoms with E-state index in [0.717, 1.165) is 9.50 Å². The topological polar surface area (TPSA) is 24.9 Å². The van der Waals surface area contributed by atoms with E-state index in [9.17, 15) is 0 Å². The van der Waals surface area contributed by atoms with Crippen molar-refractivity contribution in [3.8, 4) is 0 Å². The van der Waals surface area contributed by atoms with Crippen LogP contribution in [-0.2, 0) is 0 Å². The summed E-state index contributed by atoms with van der Waals surface area (Å²) < 4.78 is 1.03. The molecule has 0 saturated heterocycles. The minimum atomic E-state index is 0.217. The number of aromatic nitrogens is 1. The maximum Gasteiger partial charge on any atom is 0.0417 e. The van der Waals surface area contributed by atoms with Crippen molar-refractivity contribution in [1.82, 2.24) is 10.3 Å². The molecule has 0 radical (unpaired) electrons. The molecule has 0 aliphatic carbocycles. The number of nitrogens with zero attached hydrogens (tertiary/aromatic N) is 1. The molecule has 19 heavy (non-hydrogen) atoms. The monoisotopic (exact) mass is 338 g/mol. The molecule has 0 bridgehead atoms. The van der Waals surface area contributed by atoms with Crippen LogP contribution in [0.2, 0.25) is 5.02 Å². The molecule has 2 nitrogen and oxygen atoms in total. The molecule has 0 saturated carbocycles. The quantitative estimate of drug-likeness (QED) is 0.883.